The van der Waals surface area contributed by atoms with E-state index in [2.05, 4.69) is 5.32 Å². The zero-order chi connectivity index (χ0) is 18.9. The van der Waals surface area contributed by atoms with Crippen molar-refractivity contribution in [2.45, 2.75) is 31.1 Å². The number of amides is 1. The van der Waals surface area contributed by atoms with Gasteiger partial charge in [-0.05, 0) is 43.0 Å². The summed E-state index contributed by atoms with van der Waals surface area (Å²) >= 11 is 1.51. The van der Waals surface area contributed by atoms with Crippen molar-refractivity contribution in [1.82, 2.24) is 9.62 Å². The van der Waals surface area contributed by atoms with Gasteiger partial charge in [-0.1, -0.05) is 55.0 Å². The number of benzene rings is 2. The van der Waals surface area contributed by atoms with Gasteiger partial charge in [-0.2, -0.15) is 0 Å². The smallest absolute Gasteiger partial charge is 0.426 e. The van der Waals surface area contributed by atoms with Crippen LogP contribution in [0.1, 0.15) is 18.1 Å². The summed E-state index contributed by atoms with van der Waals surface area (Å²) in [6.45, 7) is 4.84. The van der Waals surface area contributed by atoms with Crippen LogP contribution in [0.15, 0.2) is 59.5 Å². The Morgan fingerprint density at radius 3 is 2.38 bits per heavy atom. The van der Waals surface area contributed by atoms with E-state index < -0.39 is 13.1 Å². The first-order valence-electron chi connectivity index (χ1n) is 8.67. The van der Waals surface area contributed by atoms with Crippen LogP contribution in [-0.4, -0.2) is 46.4 Å². The first-order valence-corrected chi connectivity index (χ1v) is 9.44. The van der Waals surface area contributed by atoms with Crippen molar-refractivity contribution in [3.8, 4) is 0 Å². The van der Waals surface area contributed by atoms with E-state index in [0.717, 1.165) is 16.0 Å². The fourth-order valence-corrected chi connectivity index (χ4v) is 3.35. The minimum Gasteiger partial charge on any atom is -0.426 e. The number of nitrogens with one attached hydrogen (secondary N) is 1. The predicted molar refractivity (Wildman–Crippen MR) is 107 cm³/mol. The first kappa shape index (κ1) is 20.5. The van der Waals surface area contributed by atoms with Gasteiger partial charge in [0.2, 0.25) is 5.91 Å². The standard InChI is InChI=1S/C19H25BN2O3S/c1-3-22(26-17-7-5-4-6-8-17)14-19(23)21-18(20(24)25)13-16-11-9-15(2)10-12-16/h4-12,18,24-25H,3,13-14H2,1-2H3,(H,21,23)/t18-/m0/s1. The molecule has 0 bridgehead atoms. The van der Waals surface area contributed by atoms with Crippen molar-refractivity contribution in [2.75, 3.05) is 13.1 Å². The highest BCUT2D eigenvalue weighted by molar-refractivity contribution is 7.97. The predicted octanol–water partition coefficient (Wildman–Crippen LogP) is 2.06. The van der Waals surface area contributed by atoms with Crippen LogP contribution in [0.5, 0.6) is 0 Å². The maximum absolute atomic E-state index is 12.4. The Labute approximate surface area is 159 Å². The molecule has 138 valence electrons. The average Bonchev–Trinajstić information content (AvgIpc) is 2.63. The molecule has 1 atom stereocenters. The Morgan fingerprint density at radius 2 is 1.81 bits per heavy atom. The molecule has 1 amide bonds. The summed E-state index contributed by atoms with van der Waals surface area (Å²) in [5, 5.41) is 22.0. The number of likely N-dealkylation sites (N-methyl/N-ethyl adjacent to an activating group) is 1. The second kappa shape index (κ2) is 10.4. The number of hydrogen-bond donors (Lipinski definition) is 3. The monoisotopic (exact) mass is 372 g/mol. The number of rotatable bonds is 9. The molecule has 7 heteroatoms. The minimum atomic E-state index is -1.61. The van der Waals surface area contributed by atoms with Crippen molar-refractivity contribution >= 4 is 25.0 Å². The van der Waals surface area contributed by atoms with E-state index in [1.165, 1.54) is 11.9 Å². The molecule has 0 aliphatic heterocycles. The summed E-state index contributed by atoms with van der Waals surface area (Å²) in [4.78, 5) is 13.4. The number of carbonyl (C=O) groups excluding carboxylic acids is 1. The molecule has 26 heavy (non-hydrogen) atoms. The average molecular weight is 372 g/mol. The molecule has 0 aliphatic rings. The lowest BCUT2D eigenvalue weighted by Gasteiger charge is -2.22. The Bertz CT molecular complexity index is 683. The lowest BCUT2D eigenvalue weighted by molar-refractivity contribution is -0.121. The van der Waals surface area contributed by atoms with Crippen LogP contribution in [-0.2, 0) is 11.2 Å². The van der Waals surface area contributed by atoms with Crippen LogP contribution in [0.25, 0.3) is 0 Å². The van der Waals surface area contributed by atoms with E-state index in [-0.39, 0.29) is 12.5 Å². The third kappa shape index (κ3) is 6.84. The molecule has 0 aromatic heterocycles. The molecule has 0 heterocycles. The summed E-state index contributed by atoms with van der Waals surface area (Å²) in [5.41, 5.74) is 2.08. The third-order valence-corrected chi connectivity index (χ3v) is 5.06. The maximum atomic E-state index is 12.4. The molecule has 5 nitrogen and oxygen atoms in total. The molecule has 2 aromatic rings. The summed E-state index contributed by atoms with van der Waals surface area (Å²) in [5.74, 6) is -0.980. The van der Waals surface area contributed by atoms with E-state index in [0.29, 0.717) is 13.0 Å². The van der Waals surface area contributed by atoms with Crippen LogP contribution in [0.3, 0.4) is 0 Å². The van der Waals surface area contributed by atoms with Crippen molar-refractivity contribution in [1.29, 1.82) is 0 Å². The van der Waals surface area contributed by atoms with Gasteiger partial charge in [0.1, 0.15) is 0 Å². The zero-order valence-electron chi connectivity index (χ0n) is 15.1. The SMILES string of the molecule is CCN(CC(=O)N[C@@H](Cc1ccc(C)cc1)B(O)O)Sc1ccccc1. The molecule has 0 saturated carbocycles. The van der Waals surface area contributed by atoms with Gasteiger partial charge in [0.05, 0.1) is 12.5 Å². The largest absolute Gasteiger partial charge is 0.475 e. The molecule has 0 radical (unpaired) electrons. The van der Waals surface area contributed by atoms with Crippen molar-refractivity contribution < 1.29 is 14.8 Å². The van der Waals surface area contributed by atoms with Crippen LogP contribution in [0, 0.1) is 6.92 Å². The summed E-state index contributed by atoms with van der Waals surface area (Å²) in [6, 6.07) is 17.6. The highest BCUT2D eigenvalue weighted by Gasteiger charge is 2.26. The maximum Gasteiger partial charge on any atom is 0.475 e. The molecule has 2 aromatic carbocycles. The molecular weight excluding hydrogens is 347 g/mol. The minimum absolute atomic E-state index is 0.174. The molecule has 3 N–H and O–H groups in total. The van der Waals surface area contributed by atoms with Crippen LogP contribution >= 0.6 is 11.9 Å². The van der Waals surface area contributed by atoms with E-state index in [4.69, 9.17) is 0 Å². The lowest BCUT2D eigenvalue weighted by Crippen LogP contribution is -2.50. The van der Waals surface area contributed by atoms with Crippen molar-refractivity contribution in [3.63, 3.8) is 0 Å². The van der Waals surface area contributed by atoms with Crippen LogP contribution in [0.4, 0.5) is 0 Å². The normalized spacial score (nSPS) is 12.0. The van der Waals surface area contributed by atoms with Gasteiger partial charge in [0.25, 0.3) is 0 Å². The molecule has 0 aliphatic carbocycles. The zero-order valence-corrected chi connectivity index (χ0v) is 15.9. The fraction of sp³-hybridized carbons (Fsp3) is 0.316. The molecule has 2 rings (SSSR count). The van der Waals surface area contributed by atoms with Gasteiger partial charge < -0.3 is 15.4 Å². The van der Waals surface area contributed by atoms with Gasteiger partial charge in [0.15, 0.2) is 0 Å². The fourth-order valence-electron chi connectivity index (χ4n) is 2.46. The number of aryl methyl sites for hydroxylation is 1. The van der Waals surface area contributed by atoms with E-state index in [1.54, 1.807) is 0 Å². The lowest BCUT2D eigenvalue weighted by atomic mass is 9.76. The Kier molecular flexibility index (Phi) is 8.19. The summed E-state index contributed by atoms with van der Waals surface area (Å²) in [6.07, 6.45) is 0.363. The molecule has 0 spiro atoms. The highest BCUT2D eigenvalue weighted by Crippen LogP contribution is 2.21. The Hall–Kier alpha value is -1.80. The summed E-state index contributed by atoms with van der Waals surface area (Å²) in [7, 11) is -1.61. The number of nitrogens with zero attached hydrogens (tertiary/aromatic N) is 1. The van der Waals surface area contributed by atoms with Gasteiger partial charge in [-0.3, -0.25) is 4.79 Å². The number of carbonyl (C=O) groups is 1. The topological polar surface area (TPSA) is 72.8 Å². The molecule has 0 saturated heterocycles. The Morgan fingerprint density at radius 1 is 1.15 bits per heavy atom. The van der Waals surface area contributed by atoms with Gasteiger partial charge in [-0.15, -0.1) is 0 Å². The molecular formula is C19H25BN2O3S. The quantitative estimate of drug-likeness (QED) is 0.464. The van der Waals surface area contributed by atoms with Gasteiger partial charge >= 0.3 is 7.12 Å². The van der Waals surface area contributed by atoms with E-state index in [1.807, 2.05) is 72.7 Å². The second-order valence-electron chi connectivity index (χ2n) is 6.14. The first-order chi connectivity index (χ1) is 12.5. The molecule has 0 fully saturated rings. The van der Waals surface area contributed by atoms with Crippen LogP contribution < -0.4 is 5.32 Å². The number of hydrogen-bond acceptors (Lipinski definition) is 5. The van der Waals surface area contributed by atoms with E-state index in [9.17, 15) is 14.8 Å². The van der Waals surface area contributed by atoms with Crippen LogP contribution in [0.2, 0.25) is 0 Å². The highest BCUT2D eigenvalue weighted by atomic mass is 32.2. The van der Waals surface area contributed by atoms with Crippen molar-refractivity contribution in [2.24, 2.45) is 0 Å². The van der Waals surface area contributed by atoms with Gasteiger partial charge in [-0.25, -0.2) is 4.31 Å². The second-order valence-corrected chi connectivity index (χ2v) is 7.31. The third-order valence-electron chi connectivity index (χ3n) is 3.93. The molecule has 0 unspecified atom stereocenters. The Balaban J connectivity index is 1.92. The summed E-state index contributed by atoms with van der Waals surface area (Å²) < 4.78 is 1.93. The van der Waals surface area contributed by atoms with E-state index >= 15 is 0 Å². The van der Waals surface area contributed by atoms with Gasteiger partial charge in [0, 0.05) is 11.4 Å². The van der Waals surface area contributed by atoms with Crippen molar-refractivity contribution in [3.05, 3.63) is 65.7 Å².